The van der Waals surface area contributed by atoms with Gasteiger partial charge in [-0.25, -0.2) is 0 Å². The molecule has 7 rings (SSSR count). The average molecular weight is 411 g/mol. The molecule has 0 aliphatic heterocycles. The van der Waals surface area contributed by atoms with Crippen LogP contribution >= 0.6 is 0 Å². The molecule has 0 radical (unpaired) electrons. The quantitative estimate of drug-likeness (QED) is 0.569. The molecule has 4 bridgehead atoms. The van der Waals surface area contributed by atoms with Crippen LogP contribution in [0.4, 0.5) is 0 Å². The van der Waals surface area contributed by atoms with Crippen LogP contribution in [-0.4, -0.2) is 10.9 Å². The summed E-state index contributed by atoms with van der Waals surface area (Å²) < 4.78 is 0. The molecule has 31 heavy (non-hydrogen) atoms. The van der Waals surface area contributed by atoms with E-state index in [0.717, 1.165) is 48.0 Å². The third-order valence-corrected chi connectivity index (χ3v) is 8.23. The normalized spacial score (nSPS) is 28.7. The van der Waals surface area contributed by atoms with Crippen molar-refractivity contribution >= 4 is 16.7 Å². The predicted octanol–water partition coefficient (Wildman–Crippen LogP) is 6.04. The number of benzene rings is 2. The topological polar surface area (TPSA) is 42.0 Å². The molecule has 1 aromatic heterocycles. The summed E-state index contributed by atoms with van der Waals surface area (Å²) in [4.78, 5) is 17.8. The summed E-state index contributed by atoms with van der Waals surface area (Å²) in [6.45, 7) is 2.69. The lowest BCUT2D eigenvalue weighted by molar-refractivity contribution is -0.146. The first-order chi connectivity index (χ1) is 15.1. The third kappa shape index (κ3) is 3.26. The maximum atomic E-state index is 13.4. The minimum absolute atomic E-state index is 0.0926. The second-order valence-corrected chi connectivity index (χ2v) is 10.4. The molecule has 4 aliphatic rings. The second-order valence-electron chi connectivity index (χ2n) is 10.4. The first-order valence-electron chi connectivity index (χ1n) is 11.8. The van der Waals surface area contributed by atoms with Crippen LogP contribution in [-0.2, 0) is 11.3 Å². The number of fused-ring (bicyclic) bond motifs is 1. The molecule has 0 saturated heterocycles. The van der Waals surface area contributed by atoms with E-state index in [1.165, 1.54) is 41.3 Å². The van der Waals surface area contributed by atoms with Crippen LogP contribution in [0.25, 0.3) is 21.9 Å². The number of hydrogen-bond donors (Lipinski definition) is 1. The number of nitrogens with zero attached hydrogens (tertiary/aromatic N) is 1. The van der Waals surface area contributed by atoms with Gasteiger partial charge < -0.3 is 5.32 Å². The predicted molar refractivity (Wildman–Crippen MR) is 124 cm³/mol. The molecule has 1 amide bonds. The van der Waals surface area contributed by atoms with Crippen LogP contribution < -0.4 is 5.32 Å². The van der Waals surface area contributed by atoms with Gasteiger partial charge in [0.25, 0.3) is 0 Å². The lowest BCUT2D eigenvalue weighted by atomic mass is 9.49. The smallest absolute Gasteiger partial charge is 0.226 e. The van der Waals surface area contributed by atoms with Crippen molar-refractivity contribution in [2.24, 2.45) is 23.2 Å². The highest BCUT2D eigenvalue weighted by atomic mass is 16.2. The summed E-state index contributed by atoms with van der Waals surface area (Å²) in [5.74, 6) is 2.66. The van der Waals surface area contributed by atoms with Crippen LogP contribution in [0.3, 0.4) is 0 Å². The fourth-order valence-corrected chi connectivity index (χ4v) is 7.14. The van der Waals surface area contributed by atoms with E-state index in [4.69, 9.17) is 0 Å². The molecule has 1 heterocycles. The van der Waals surface area contributed by atoms with Crippen molar-refractivity contribution in [3.63, 3.8) is 0 Å². The zero-order valence-electron chi connectivity index (χ0n) is 18.2. The Bertz CT molecular complexity index is 1110. The van der Waals surface area contributed by atoms with E-state index in [1.54, 1.807) is 0 Å². The fourth-order valence-electron chi connectivity index (χ4n) is 7.14. The van der Waals surface area contributed by atoms with Gasteiger partial charge in [0.2, 0.25) is 5.91 Å². The summed E-state index contributed by atoms with van der Waals surface area (Å²) in [7, 11) is 0. The van der Waals surface area contributed by atoms with Gasteiger partial charge in [0, 0.05) is 29.7 Å². The maximum absolute atomic E-state index is 13.4. The van der Waals surface area contributed by atoms with E-state index in [2.05, 4.69) is 59.7 Å². The molecule has 4 saturated carbocycles. The molecule has 0 unspecified atom stereocenters. The molecule has 1 N–H and O–H groups in total. The van der Waals surface area contributed by atoms with Crippen molar-refractivity contribution in [1.29, 1.82) is 0 Å². The number of aryl methyl sites for hydroxylation is 1. The van der Waals surface area contributed by atoms with Gasteiger partial charge in [-0.3, -0.25) is 9.78 Å². The minimum Gasteiger partial charge on any atom is -0.352 e. The van der Waals surface area contributed by atoms with Gasteiger partial charge in [0.05, 0.1) is 0 Å². The molecule has 0 atom stereocenters. The molecule has 158 valence electrons. The number of pyridine rings is 1. The van der Waals surface area contributed by atoms with E-state index in [-0.39, 0.29) is 5.41 Å². The summed E-state index contributed by atoms with van der Waals surface area (Å²) >= 11 is 0. The van der Waals surface area contributed by atoms with Gasteiger partial charge >= 0.3 is 0 Å². The summed E-state index contributed by atoms with van der Waals surface area (Å²) in [6.07, 6.45) is 11.2. The largest absolute Gasteiger partial charge is 0.352 e. The molecule has 3 nitrogen and oxygen atoms in total. The molecule has 3 heteroatoms. The average Bonchev–Trinajstić information content (AvgIpc) is 2.77. The van der Waals surface area contributed by atoms with Gasteiger partial charge in [-0.05, 0) is 91.3 Å². The number of carbonyl (C=O) groups excluding carboxylic acids is 1. The molecule has 0 spiro atoms. The Hall–Kier alpha value is -2.68. The van der Waals surface area contributed by atoms with Crippen molar-refractivity contribution in [3.8, 4) is 11.1 Å². The van der Waals surface area contributed by atoms with Crippen LogP contribution in [0, 0.1) is 30.1 Å². The molecule has 3 aromatic rings. The van der Waals surface area contributed by atoms with Gasteiger partial charge in [-0.2, -0.15) is 0 Å². The summed E-state index contributed by atoms with van der Waals surface area (Å²) in [5.41, 5.74) is 4.75. The van der Waals surface area contributed by atoms with Crippen molar-refractivity contribution in [3.05, 3.63) is 66.0 Å². The van der Waals surface area contributed by atoms with E-state index in [9.17, 15) is 4.79 Å². The Morgan fingerprint density at radius 3 is 2.29 bits per heavy atom. The zero-order valence-corrected chi connectivity index (χ0v) is 18.2. The Morgan fingerprint density at radius 1 is 0.935 bits per heavy atom. The van der Waals surface area contributed by atoms with Gasteiger partial charge in [-0.1, -0.05) is 42.0 Å². The second kappa shape index (κ2) is 7.19. The standard InChI is InChI=1S/C28H30N2O/c1-18-2-4-22(5-3-18)24-7-6-23(26-17-29-9-8-25(24)26)16-30-27(31)28-13-19-10-20(14-28)12-21(11-19)15-28/h2-9,17,19-21H,10-16H2,1H3,(H,30,31). The highest BCUT2D eigenvalue weighted by Gasteiger charge is 2.54. The molecular weight excluding hydrogens is 380 g/mol. The number of amides is 1. The monoisotopic (exact) mass is 410 g/mol. The number of carbonyl (C=O) groups is 1. The van der Waals surface area contributed by atoms with Crippen molar-refractivity contribution in [2.45, 2.75) is 52.0 Å². The first-order valence-corrected chi connectivity index (χ1v) is 11.8. The Balaban J connectivity index is 1.27. The first kappa shape index (κ1) is 19.0. The van der Waals surface area contributed by atoms with Gasteiger partial charge in [-0.15, -0.1) is 0 Å². The molecule has 4 fully saturated rings. The van der Waals surface area contributed by atoms with Gasteiger partial charge in [0.15, 0.2) is 0 Å². The maximum Gasteiger partial charge on any atom is 0.226 e. The van der Waals surface area contributed by atoms with Crippen LogP contribution in [0.15, 0.2) is 54.9 Å². The van der Waals surface area contributed by atoms with E-state index in [1.807, 2.05) is 12.4 Å². The number of rotatable bonds is 4. The van der Waals surface area contributed by atoms with Crippen molar-refractivity contribution in [1.82, 2.24) is 10.3 Å². The molecule has 2 aromatic carbocycles. The zero-order chi connectivity index (χ0) is 21.0. The SMILES string of the molecule is Cc1ccc(-c2ccc(CNC(=O)C34CC5CC(CC(C5)C3)C4)c3cnccc23)cc1. The van der Waals surface area contributed by atoms with Gasteiger partial charge in [0.1, 0.15) is 0 Å². The fraction of sp³-hybridized carbons (Fsp3) is 0.429. The Kier molecular flexibility index (Phi) is 4.41. The Labute approximate surface area is 184 Å². The molecule has 4 aliphatic carbocycles. The van der Waals surface area contributed by atoms with Crippen LogP contribution in [0.1, 0.15) is 49.7 Å². The number of aromatic nitrogens is 1. The molecular formula is C28H30N2O. The highest BCUT2D eigenvalue weighted by Crippen LogP contribution is 2.60. The summed E-state index contributed by atoms with van der Waals surface area (Å²) in [6, 6.07) is 15.1. The number of hydrogen-bond acceptors (Lipinski definition) is 2. The summed E-state index contributed by atoms with van der Waals surface area (Å²) in [5, 5.41) is 5.67. The number of nitrogens with one attached hydrogen (secondary N) is 1. The lowest BCUT2D eigenvalue weighted by Gasteiger charge is -2.55. The van der Waals surface area contributed by atoms with Crippen LogP contribution in [0.2, 0.25) is 0 Å². The minimum atomic E-state index is -0.0926. The van der Waals surface area contributed by atoms with E-state index >= 15 is 0 Å². The van der Waals surface area contributed by atoms with Crippen molar-refractivity contribution in [2.75, 3.05) is 0 Å². The van der Waals surface area contributed by atoms with Crippen molar-refractivity contribution < 1.29 is 4.79 Å². The van der Waals surface area contributed by atoms with Crippen LogP contribution in [0.5, 0.6) is 0 Å². The Morgan fingerprint density at radius 2 is 1.61 bits per heavy atom. The van der Waals surface area contributed by atoms with E-state index < -0.39 is 0 Å². The third-order valence-electron chi connectivity index (χ3n) is 8.23. The lowest BCUT2D eigenvalue weighted by Crippen LogP contribution is -2.53. The highest BCUT2D eigenvalue weighted by molar-refractivity contribution is 5.98. The van der Waals surface area contributed by atoms with E-state index in [0.29, 0.717) is 12.5 Å².